The van der Waals surface area contributed by atoms with Crippen LogP contribution in [0.5, 0.6) is 11.5 Å². The summed E-state index contributed by atoms with van der Waals surface area (Å²) in [5.41, 5.74) is 7.17. The predicted octanol–water partition coefficient (Wildman–Crippen LogP) is 2.06. The Bertz CT molecular complexity index is 475. The van der Waals surface area contributed by atoms with Crippen molar-refractivity contribution in [3.8, 4) is 11.5 Å². The summed E-state index contributed by atoms with van der Waals surface area (Å²) in [7, 11) is 0. The highest BCUT2D eigenvalue weighted by molar-refractivity contribution is 5.69. The van der Waals surface area contributed by atoms with Crippen LogP contribution >= 0.6 is 0 Å². The molecule has 1 aromatic carbocycles. The highest BCUT2D eigenvalue weighted by Gasteiger charge is 2.13. The molecule has 0 fully saturated rings. The van der Waals surface area contributed by atoms with Gasteiger partial charge in [-0.2, -0.15) is 0 Å². The molecule has 5 nitrogen and oxygen atoms in total. The molecule has 1 atom stereocenters. The monoisotopic (exact) mass is 293 g/mol. The number of carbonyl (C=O) groups excluding carboxylic acids is 1. The number of hydrogen-bond acceptors (Lipinski definition) is 5. The lowest BCUT2D eigenvalue weighted by atomic mass is 10.0. The van der Waals surface area contributed by atoms with Gasteiger partial charge in [-0.25, -0.2) is 0 Å². The van der Waals surface area contributed by atoms with Gasteiger partial charge in [-0.15, -0.1) is 0 Å². The minimum atomic E-state index is -0.188. The smallest absolute Gasteiger partial charge is 0.305 e. The Morgan fingerprint density at radius 1 is 1.33 bits per heavy atom. The second kappa shape index (κ2) is 7.88. The molecule has 0 aromatic heterocycles. The van der Waals surface area contributed by atoms with Crippen LogP contribution in [0.3, 0.4) is 0 Å². The van der Waals surface area contributed by atoms with E-state index in [2.05, 4.69) is 0 Å². The average molecular weight is 293 g/mol. The van der Waals surface area contributed by atoms with Crippen LogP contribution in [0.2, 0.25) is 0 Å². The number of nitrogens with two attached hydrogens (primary N) is 1. The first-order valence-electron chi connectivity index (χ1n) is 7.48. The molecule has 0 bridgehead atoms. The number of esters is 1. The molecule has 0 aliphatic carbocycles. The van der Waals surface area contributed by atoms with E-state index in [1.165, 1.54) is 0 Å². The third-order valence-corrected chi connectivity index (χ3v) is 3.33. The van der Waals surface area contributed by atoms with E-state index in [1.807, 2.05) is 18.2 Å². The van der Waals surface area contributed by atoms with Crippen LogP contribution in [0, 0.1) is 0 Å². The second-order valence-corrected chi connectivity index (χ2v) is 5.14. The van der Waals surface area contributed by atoms with Crippen molar-refractivity contribution in [1.82, 2.24) is 0 Å². The zero-order chi connectivity index (χ0) is 15.1. The molecule has 1 aliphatic rings. The molecule has 5 heteroatoms. The van der Waals surface area contributed by atoms with Crippen molar-refractivity contribution in [2.24, 2.45) is 5.73 Å². The fourth-order valence-electron chi connectivity index (χ4n) is 2.28. The van der Waals surface area contributed by atoms with E-state index in [4.69, 9.17) is 19.9 Å². The quantitative estimate of drug-likeness (QED) is 0.813. The molecular formula is C16H23NO4. The lowest BCUT2D eigenvalue weighted by molar-refractivity contribution is -0.143. The first-order chi connectivity index (χ1) is 10.2. The molecular weight excluding hydrogens is 270 g/mol. The first kappa shape index (κ1) is 15.6. The Morgan fingerprint density at radius 3 is 2.86 bits per heavy atom. The lowest BCUT2D eigenvalue weighted by Gasteiger charge is -2.13. The highest BCUT2D eigenvalue weighted by atomic mass is 16.5. The summed E-state index contributed by atoms with van der Waals surface area (Å²) < 4.78 is 16.2. The Morgan fingerprint density at radius 2 is 2.10 bits per heavy atom. The molecule has 0 saturated carbocycles. The summed E-state index contributed by atoms with van der Waals surface area (Å²) in [4.78, 5) is 11.3. The van der Waals surface area contributed by atoms with E-state index >= 15 is 0 Å². The number of benzene rings is 1. The van der Waals surface area contributed by atoms with Crippen molar-refractivity contribution < 1.29 is 19.0 Å². The minimum Gasteiger partial charge on any atom is -0.490 e. The van der Waals surface area contributed by atoms with Crippen LogP contribution in [0.15, 0.2) is 18.2 Å². The van der Waals surface area contributed by atoms with Crippen molar-refractivity contribution in [1.29, 1.82) is 0 Å². The van der Waals surface area contributed by atoms with Crippen LogP contribution in [0.4, 0.5) is 0 Å². The maximum Gasteiger partial charge on any atom is 0.305 e. The van der Waals surface area contributed by atoms with Gasteiger partial charge in [0.1, 0.15) is 0 Å². The van der Waals surface area contributed by atoms with E-state index in [9.17, 15) is 4.79 Å². The van der Waals surface area contributed by atoms with Crippen molar-refractivity contribution in [3.63, 3.8) is 0 Å². The number of carbonyl (C=O) groups is 1. The molecule has 2 rings (SSSR count). The van der Waals surface area contributed by atoms with Gasteiger partial charge in [-0.05, 0) is 37.5 Å². The van der Waals surface area contributed by atoms with Crippen molar-refractivity contribution in [2.45, 2.75) is 38.6 Å². The predicted molar refractivity (Wildman–Crippen MR) is 79.6 cm³/mol. The van der Waals surface area contributed by atoms with Crippen LogP contribution in [-0.4, -0.2) is 31.8 Å². The van der Waals surface area contributed by atoms with E-state index in [0.717, 1.165) is 23.5 Å². The molecule has 0 saturated heterocycles. The largest absolute Gasteiger partial charge is 0.490 e. The van der Waals surface area contributed by atoms with Crippen molar-refractivity contribution >= 4 is 5.97 Å². The summed E-state index contributed by atoms with van der Waals surface area (Å²) in [5, 5.41) is 0. The molecule has 0 spiro atoms. The van der Waals surface area contributed by atoms with Crippen LogP contribution < -0.4 is 15.2 Å². The van der Waals surface area contributed by atoms with Gasteiger partial charge in [-0.1, -0.05) is 6.07 Å². The number of fused-ring (bicyclic) bond motifs is 1. The van der Waals surface area contributed by atoms with Crippen LogP contribution in [-0.2, 0) is 16.0 Å². The lowest BCUT2D eigenvalue weighted by Crippen LogP contribution is -2.24. The molecule has 0 radical (unpaired) electrons. The Labute approximate surface area is 125 Å². The third kappa shape index (κ3) is 4.93. The summed E-state index contributed by atoms with van der Waals surface area (Å²) in [6.07, 6.45) is 2.58. The standard InChI is InChI=1S/C16H23NO4/c1-2-19-16(18)7-5-13(17)10-12-4-6-14-15(11-12)21-9-3-8-20-14/h4,6,11,13H,2-3,5,7-10,17H2,1H3. The number of ether oxygens (including phenoxy) is 3. The molecule has 2 N–H and O–H groups in total. The minimum absolute atomic E-state index is 0.0702. The SMILES string of the molecule is CCOC(=O)CCC(N)Cc1ccc2c(c1)OCCCO2. The maximum atomic E-state index is 11.3. The van der Waals surface area contributed by atoms with E-state index in [0.29, 0.717) is 39.1 Å². The van der Waals surface area contributed by atoms with Gasteiger partial charge in [0.25, 0.3) is 0 Å². The summed E-state index contributed by atoms with van der Waals surface area (Å²) in [6.45, 7) is 3.57. The highest BCUT2D eigenvalue weighted by Crippen LogP contribution is 2.30. The Balaban J connectivity index is 1.87. The molecule has 1 unspecified atom stereocenters. The molecule has 21 heavy (non-hydrogen) atoms. The Kier molecular flexibility index (Phi) is 5.87. The van der Waals surface area contributed by atoms with Gasteiger partial charge < -0.3 is 19.9 Å². The number of hydrogen-bond donors (Lipinski definition) is 1. The molecule has 1 aromatic rings. The molecule has 1 heterocycles. The van der Waals surface area contributed by atoms with Crippen LogP contribution in [0.25, 0.3) is 0 Å². The molecule has 0 amide bonds. The fourth-order valence-corrected chi connectivity index (χ4v) is 2.28. The van der Waals surface area contributed by atoms with Gasteiger partial charge in [0.15, 0.2) is 11.5 Å². The average Bonchev–Trinajstić information content (AvgIpc) is 2.70. The summed E-state index contributed by atoms with van der Waals surface area (Å²) in [6, 6.07) is 5.83. The van der Waals surface area contributed by atoms with Gasteiger partial charge in [0, 0.05) is 18.9 Å². The van der Waals surface area contributed by atoms with Gasteiger partial charge >= 0.3 is 5.97 Å². The van der Waals surface area contributed by atoms with Gasteiger partial charge in [-0.3, -0.25) is 4.79 Å². The Hall–Kier alpha value is -1.75. The second-order valence-electron chi connectivity index (χ2n) is 5.14. The van der Waals surface area contributed by atoms with E-state index < -0.39 is 0 Å². The van der Waals surface area contributed by atoms with Gasteiger partial charge in [0.05, 0.1) is 19.8 Å². The maximum absolute atomic E-state index is 11.3. The first-order valence-corrected chi connectivity index (χ1v) is 7.48. The third-order valence-electron chi connectivity index (χ3n) is 3.33. The number of rotatable bonds is 6. The van der Waals surface area contributed by atoms with Gasteiger partial charge in [0.2, 0.25) is 0 Å². The summed E-state index contributed by atoms with van der Waals surface area (Å²) >= 11 is 0. The zero-order valence-electron chi connectivity index (χ0n) is 12.5. The normalized spacial score (nSPS) is 15.1. The fraction of sp³-hybridized carbons (Fsp3) is 0.562. The zero-order valence-corrected chi connectivity index (χ0v) is 12.5. The van der Waals surface area contributed by atoms with E-state index in [-0.39, 0.29) is 12.0 Å². The van der Waals surface area contributed by atoms with Crippen molar-refractivity contribution in [2.75, 3.05) is 19.8 Å². The molecule has 1 aliphatic heterocycles. The van der Waals surface area contributed by atoms with Crippen LogP contribution in [0.1, 0.15) is 31.7 Å². The van der Waals surface area contributed by atoms with Crippen molar-refractivity contribution in [3.05, 3.63) is 23.8 Å². The topological polar surface area (TPSA) is 70.8 Å². The molecule has 116 valence electrons. The van der Waals surface area contributed by atoms with E-state index in [1.54, 1.807) is 6.92 Å². The summed E-state index contributed by atoms with van der Waals surface area (Å²) in [5.74, 6) is 1.38.